The van der Waals surface area contributed by atoms with Crippen molar-refractivity contribution in [3.8, 4) is 0 Å². The Kier molecular flexibility index (Phi) is 5.55. The van der Waals surface area contributed by atoms with Gasteiger partial charge in [-0.25, -0.2) is 9.52 Å². The number of hydrogen-bond donors (Lipinski definition) is 2. The van der Waals surface area contributed by atoms with E-state index < -0.39 is 34.4 Å². The van der Waals surface area contributed by atoms with E-state index in [0.29, 0.717) is 4.31 Å². The number of carboxylic acids is 1. The molecule has 8 nitrogen and oxygen atoms in total. The number of ether oxygens (including phenoxy) is 1. The van der Waals surface area contributed by atoms with Crippen molar-refractivity contribution in [2.75, 3.05) is 13.2 Å². The number of nitrogens with one attached hydrogen (secondary N) is 1. The van der Waals surface area contributed by atoms with E-state index in [-0.39, 0.29) is 6.61 Å². The highest BCUT2D eigenvalue weighted by Crippen LogP contribution is 2.16. The molecule has 0 aromatic heterocycles. The largest absolute Gasteiger partial charge is 0.480 e. The van der Waals surface area contributed by atoms with Gasteiger partial charge < -0.3 is 9.84 Å². The lowest BCUT2D eigenvalue weighted by atomic mass is 10.1. The molecule has 0 heterocycles. The van der Waals surface area contributed by atoms with Gasteiger partial charge in [0.2, 0.25) is 0 Å². The standard InChI is InChI=1S/C9H18N2O6S/c1-5-17-8(14)10-18(15,16)11(6-7(12)13)9(2,3)4/h5-6H2,1-4H3,(H,10,14)(H,12,13). The molecule has 0 bridgehead atoms. The molecule has 0 saturated carbocycles. The Morgan fingerprint density at radius 3 is 2.17 bits per heavy atom. The van der Waals surface area contributed by atoms with Crippen LogP contribution in [0.5, 0.6) is 0 Å². The predicted molar refractivity (Wildman–Crippen MR) is 63.2 cm³/mol. The second kappa shape index (κ2) is 6.01. The summed E-state index contributed by atoms with van der Waals surface area (Å²) in [4.78, 5) is 21.8. The van der Waals surface area contributed by atoms with Crippen molar-refractivity contribution in [3.05, 3.63) is 0 Å². The number of amides is 1. The molecule has 0 unspecified atom stereocenters. The van der Waals surface area contributed by atoms with Crippen LogP contribution in [0.3, 0.4) is 0 Å². The number of carbonyl (C=O) groups excluding carboxylic acids is 1. The van der Waals surface area contributed by atoms with E-state index in [9.17, 15) is 18.0 Å². The fourth-order valence-corrected chi connectivity index (χ4v) is 2.51. The minimum Gasteiger partial charge on any atom is -0.480 e. The summed E-state index contributed by atoms with van der Waals surface area (Å²) in [6.07, 6.45) is -1.14. The molecule has 9 heteroatoms. The van der Waals surface area contributed by atoms with Gasteiger partial charge in [0.15, 0.2) is 0 Å². The number of rotatable bonds is 5. The molecule has 18 heavy (non-hydrogen) atoms. The molecule has 0 aliphatic carbocycles. The Balaban J connectivity index is 5.10. The zero-order chi connectivity index (χ0) is 14.6. The fraction of sp³-hybridized carbons (Fsp3) is 0.778. The van der Waals surface area contributed by atoms with Gasteiger partial charge in [-0.2, -0.15) is 12.7 Å². The molecular formula is C9H18N2O6S. The third-order valence-corrected chi connectivity index (χ3v) is 3.49. The maximum Gasteiger partial charge on any atom is 0.421 e. The highest BCUT2D eigenvalue weighted by molar-refractivity contribution is 7.87. The van der Waals surface area contributed by atoms with E-state index >= 15 is 0 Å². The molecule has 0 aliphatic heterocycles. The van der Waals surface area contributed by atoms with Crippen LogP contribution in [0.1, 0.15) is 27.7 Å². The molecular weight excluding hydrogens is 264 g/mol. The summed E-state index contributed by atoms with van der Waals surface area (Å²) >= 11 is 0. The summed E-state index contributed by atoms with van der Waals surface area (Å²) in [6.45, 7) is 5.32. The Hall–Kier alpha value is -1.35. The van der Waals surface area contributed by atoms with E-state index in [1.807, 2.05) is 0 Å². The predicted octanol–water partition coefficient (Wildman–Crippen LogP) is 0.162. The highest BCUT2D eigenvalue weighted by atomic mass is 32.2. The average molecular weight is 282 g/mol. The van der Waals surface area contributed by atoms with Gasteiger partial charge >= 0.3 is 22.3 Å². The summed E-state index contributed by atoms with van der Waals surface area (Å²) in [6, 6.07) is 0. The Bertz CT molecular complexity index is 411. The SMILES string of the molecule is CCOC(=O)NS(=O)(=O)N(CC(=O)O)C(C)(C)C. The Morgan fingerprint density at radius 2 is 1.83 bits per heavy atom. The lowest BCUT2D eigenvalue weighted by Gasteiger charge is -2.32. The maximum atomic E-state index is 11.8. The van der Waals surface area contributed by atoms with Crippen molar-refractivity contribution < 1.29 is 27.9 Å². The van der Waals surface area contributed by atoms with Crippen LogP contribution in [0.15, 0.2) is 0 Å². The normalized spacial score (nSPS) is 12.3. The van der Waals surface area contributed by atoms with Gasteiger partial charge in [-0.3, -0.25) is 4.79 Å². The molecule has 0 radical (unpaired) electrons. The van der Waals surface area contributed by atoms with E-state index in [1.165, 1.54) is 27.7 Å². The van der Waals surface area contributed by atoms with Crippen LogP contribution in [0.4, 0.5) is 4.79 Å². The Morgan fingerprint density at radius 1 is 1.33 bits per heavy atom. The molecule has 0 aliphatic rings. The lowest BCUT2D eigenvalue weighted by Crippen LogP contribution is -2.53. The number of nitrogens with zero attached hydrogens (tertiary/aromatic N) is 1. The molecule has 0 aromatic carbocycles. The molecule has 106 valence electrons. The van der Waals surface area contributed by atoms with Crippen molar-refractivity contribution in [2.24, 2.45) is 0 Å². The molecule has 2 N–H and O–H groups in total. The maximum absolute atomic E-state index is 11.8. The van der Waals surface area contributed by atoms with E-state index in [1.54, 1.807) is 4.72 Å². The van der Waals surface area contributed by atoms with Crippen molar-refractivity contribution in [1.29, 1.82) is 0 Å². The summed E-state index contributed by atoms with van der Waals surface area (Å²) in [5.41, 5.74) is -0.989. The first-order valence-corrected chi connectivity index (χ1v) is 6.64. The van der Waals surface area contributed by atoms with Gasteiger partial charge in [0.05, 0.1) is 6.61 Å². The second-order valence-corrected chi connectivity index (χ2v) is 5.99. The summed E-state index contributed by atoms with van der Waals surface area (Å²) in [7, 11) is -4.27. The van der Waals surface area contributed by atoms with Gasteiger partial charge in [0, 0.05) is 5.54 Å². The zero-order valence-electron chi connectivity index (χ0n) is 10.8. The average Bonchev–Trinajstić information content (AvgIpc) is 2.11. The van der Waals surface area contributed by atoms with Gasteiger partial charge in [-0.15, -0.1) is 0 Å². The van der Waals surface area contributed by atoms with Gasteiger partial charge in [-0.05, 0) is 27.7 Å². The molecule has 0 atom stereocenters. The van der Waals surface area contributed by atoms with Crippen LogP contribution < -0.4 is 4.72 Å². The number of aliphatic carboxylic acids is 1. The number of carbonyl (C=O) groups is 2. The number of hydrogen-bond acceptors (Lipinski definition) is 5. The number of carboxylic acid groups (broad SMARTS) is 1. The quantitative estimate of drug-likeness (QED) is 0.742. The lowest BCUT2D eigenvalue weighted by molar-refractivity contribution is -0.138. The summed E-state index contributed by atoms with van der Waals surface area (Å²) in [5.74, 6) is -1.32. The summed E-state index contributed by atoms with van der Waals surface area (Å²) < 4.78 is 30.4. The molecule has 0 aromatic rings. The van der Waals surface area contributed by atoms with Crippen LogP contribution in [-0.2, 0) is 19.7 Å². The molecule has 1 amide bonds. The monoisotopic (exact) mass is 282 g/mol. The van der Waals surface area contributed by atoms with E-state index in [0.717, 1.165) is 0 Å². The van der Waals surface area contributed by atoms with Crippen LogP contribution in [0.2, 0.25) is 0 Å². The van der Waals surface area contributed by atoms with Gasteiger partial charge in [-0.1, -0.05) is 0 Å². The van der Waals surface area contributed by atoms with Crippen LogP contribution in [0.25, 0.3) is 0 Å². The third kappa shape index (κ3) is 5.32. The molecule has 0 fully saturated rings. The highest BCUT2D eigenvalue weighted by Gasteiger charge is 2.35. The third-order valence-electron chi connectivity index (χ3n) is 1.80. The smallest absolute Gasteiger partial charge is 0.421 e. The van der Waals surface area contributed by atoms with Crippen LogP contribution in [-0.4, -0.2) is 48.6 Å². The molecule has 0 spiro atoms. The van der Waals surface area contributed by atoms with E-state index in [4.69, 9.17) is 5.11 Å². The second-order valence-electron chi connectivity index (χ2n) is 4.40. The molecule has 0 saturated heterocycles. The zero-order valence-corrected chi connectivity index (χ0v) is 11.6. The first kappa shape index (κ1) is 16.6. The van der Waals surface area contributed by atoms with Gasteiger partial charge in [0.25, 0.3) is 0 Å². The van der Waals surface area contributed by atoms with Crippen LogP contribution in [0, 0.1) is 0 Å². The van der Waals surface area contributed by atoms with Gasteiger partial charge in [0.1, 0.15) is 6.54 Å². The first-order chi connectivity index (χ1) is 8.00. The van der Waals surface area contributed by atoms with Crippen molar-refractivity contribution >= 4 is 22.3 Å². The first-order valence-electron chi connectivity index (χ1n) is 5.20. The molecule has 0 rings (SSSR count). The topological polar surface area (TPSA) is 113 Å². The van der Waals surface area contributed by atoms with Crippen LogP contribution >= 0.6 is 0 Å². The minimum absolute atomic E-state index is 0.00972. The van der Waals surface area contributed by atoms with Crippen molar-refractivity contribution in [3.63, 3.8) is 0 Å². The minimum atomic E-state index is -4.27. The van der Waals surface area contributed by atoms with Crippen molar-refractivity contribution in [2.45, 2.75) is 33.2 Å². The van der Waals surface area contributed by atoms with Crippen molar-refractivity contribution in [1.82, 2.24) is 9.03 Å². The fourth-order valence-electron chi connectivity index (χ4n) is 1.13. The summed E-state index contributed by atoms with van der Waals surface area (Å²) in [5, 5.41) is 8.70. The van der Waals surface area contributed by atoms with E-state index in [2.05, 4.69) is 4.74 Å². The Labute approximate surface area is 106 Å².